The van der Waals surface area contributed by atoms with Crippen LogP contribution in [0.3, 0.4) is 0 Å². The predicted octanol–water partition coefficient (Wildman–Crippen LogP) is -5.60. The van der Waals surface area contributed by atoms with Gasteiger partial charge in [-0.05, 0) is 13.3 Å². The summed E-state index contributed by atoms with van der Waals surface area (Å²) in [6.07, 6.45) is 0.745. The second-order valence-electron chi connectivity index (χ2n) is 1.26. The first-order valence-electron chi connectivity index (χ1n) is 1.95. The van der Waals surface area contributed by atoms with E-state index in [0.29, 0.717) is 0 Å². The number of aliphatic hydroxyl groups is 1. The number of rotatable bonds is 1. The Morgan fingerprint density at radius 1 is 1.38 bits per heavy atom. The van der Waals surface area contributed by atoms with E-state index >= 15 is 0 Å². The van der Waals surface area contributed by atoms with Gasteiger partial charge in [-0.2, -0.15) is 0 Å². The van der Waals surface area contributed by atoms with Crippen molar-refractivity contribution in [3.63, 3.8) is 0 Å². The third-order valence-corrected chi connectivity index (χ3v) is 0.591. The Labute approximate surface area is 79.2 Å². The van der Waals surface area contributed by atoms with Gasteiger partial charge in [-0.1, -0.05) is 6.92 Å². The van der Waals surface area contributed by atoms with Crippen LogP contribution >= 0.6 is 0 Å². The average molecular weight is 169 g/mol. The zero-order valence-electron chi connectivity index (χ0n) is 5.19. The minimum absolute atomic E-state index is 0. The first-order chi connectivity index (χ1) is 2.27. The van der Waals surface area contributed by atoms with Crippen LogP contribution < -0.4 is 24.8 Å². The maximum Gasteiger partial charge on any atom is 2.00 e. The van der Waals surface area contributed by atoms with Crippen molar-refractivity contribution in [3.05, 3.63) is 0 Å². The van der Waals surface area contributed by atoms with Gasteiger partial charge in [-0.3, -0.25) is 0 Å². The molecule has 0 rings (SSSR count). The first-order valence-corrected chi connectivity index (χ1v) is 1.95. The van der Waals surface area contributed by atoms with Gasteiger partial charge in [0.1, 0.15) is 0 Å². The van der Waals surface area contributed by atoms with E-state index in [4.69, 9.17) is 5.11 Å². The minimum Gasteiger partial charge on any atom is -1.00 e. The van der Waals surface area contributed by atoms with Gasteiger partial charge >= 0.3 is 23.1 Å². The Morgan fingerprint density at radius 2 is 1.50 bits per heavy atom. The molecular formula is C4H10Cl2MgO. The summed E-state index contributed by atoms with van der Waals surface area (Å²) in [6, 6.07) is 0. The maximum absolute atomic E-state index is 8.36. The predicted molar refractivity (Wildman–Crippen MR) is 27.7 cm³/mol. The monoisotopic (exact) mass is 168 g/mol. The molecule has 1 atom stereocenters. The molecule has 0 saturated carbocycles. The third kappa shape index (κ3) is 26.6. The Kier molecular flexibility index (Phi) is 44.9. The zero-order valence-corrected chi connectivity index (χ0v) is 8.12. The molecule has 0 spiro atoms. The van der Waals surface area contributed by atoms with Crippen molar-refractivity contribution in [2.45, 2.75) is 26.4 Å². The maximum atomic E-state index is 8.36. The molecule has 0 aromatic rings. The molecule has 1 unspecified atom stereocenters. The summed E-state index contributed by atoms with van der Waals surface area (Å²) in [5, 5.41) is 8.36. The fourth-order valence-electron chi connectivity index (χ4n) is 0. The number of hydrogen-bond donors (Lipinski definition) is 1. The van der Waals surface area contributed by atoms with Crippen LogP contribution in [0.1, 0.15) is 20.3 Å². The Hall–Kier alpha value is 1.31. The van der Waals surface area contributed by atoms with Crippen LogP contribution in [0.25, 0.3) is 0 Å². The van der Waals surface area contributed by atoms with Crippen molar-refractivity contribution < 1.29 is 29.9 Å². The molecule has 48 valence electrons. The van der Waals surface area contributed by atoms with Crippen molar-refractivity contribution in [3.8, 4) is 0 Å². The molecule has 0 radical (unpaired) electrons. The summed E-state index contributed by atoms with van der Waals surface area (Å²) in [4.78, 5) is 0. The van der Waals surface area contributed by atoms with Gasteiger partial charge in [0.25, 0.3) is 0 Å². The van der Waals surface area contributed by atoms with E-state index in [1.807, 2.05) is 6.92 Å². The SMILES string of the molecule is CCC(C)O.[Cl-].[Cl-].[Mg+2]. The second-order valence-corrected chi connectivity index (χ2v) is 1.26. The summed E-state index contributed by atoms with van der Waals surface area (Å²) in [6.45, 7) is 3.73. The van der Waals surface area contributed by atoms with Gasteiger partial charge in [-0.25, -0.2) is 0 Å². The van der Waals surface area contributed by atoms with Gasteiger partial charge in [-0.15, -0.1) is 0 Å². The summed E-state index contributed by atoms with van der Waals surface area (Å²) < 4.78 is 0. The molecular weight excluding hydrogens is 159 g/mol. The van der Waals surface area contributed by atoms with Gasteiger partial charge in [0.05, 0.1) is 6.10 Å². The van der Waals surface area contributed by atoms with E-state index in [0.717, 1.165) is 6.42 Å². The standard InChI is InChI=1S/C4H10O.2ClH.Mg/c1-3-4(2)5;;;/h4-5H,3H2,1-2H3;2*1H;/q;;;+2/p-2. The normalized spacial score (nSPS) is 9.38. The minimum atomic E-state index is -0.116. The van der Waals surface area contributed by atoms with Gasteiger partial charge in [0.2, 0.25) is 0 Å². The summed E-state index contributed by atoms with van der Waals surface area (Å²) in [5.74, 6) is 0. The summed E-state index contributed by atoms with van der Waals surface area (Å²) in [5.41, 5.74) is 0. The van der Waals surface area contributed by atoms with E-state index in [2.05, 4.69) is 0 Å². The molecule has 0 fully saturated rings. The molecule has 0 aliphatic carbocycles. The molecule has 0 heterocycles. The Morgan fingerprint density at radius 3 is 1.50 bits per heavy atom. The molecule has 4 heteroatoms. The molecule has 1 nitrogen and oxygen atoms in total. The van der Waals surface area contributed by atoms with E-state index < -0.39 is 0 Å². The molecule has 0 aromatic carbocycles. The van der Waals surface area contributed by atoms with Crippen LogP contribution in [0, 0.1) is 0 Å². The smallest absolute Gasteiger partial charge is 1.00 e. The Balaban J connectivity index is -0.0000000267. The van der Waals surface area contributed by atoms with Crippen molar-refractivity contribution in [1.29, 1.82) is 0 Å². The van der Waals surface area contributed by atoms with Crippen molar-refractivity contribution in [2.24, 2.45) is 0 Å². The average Bonchev–Trinajstić information content (AvgIpc) is 1.38. The van der Waals surface area contributed by atoms with Crippen molar-refractivity contribution in [1.82, 2.24) is 0 Å². The van der Waals surface area contributed by atoms with E-state index in [1.54, 1.807) is 6.92 Å². The quantitative estimate of drug-likeness (QED) is 0.388. The Bertz CT molecular complexity index is 28.0. The molecule has 8 heavy (non-hydrogen) atoms. The molecule has 1 N–H and O–H groups in total. The fourth-order valence-corrected chi connectivity index (χ4v) is 0. The van der Waals surface area contributed by atoms with Crippen LogP contribution in [0.4, 0.5) is 0 Å². The van der Waals surface area contributed by atoms with Crippen LogP contribution in [-0.2, 0) is 0 Å². The first kappa shape index (κ1) is 22.8. The third-order valence-electron chi connectivity index (χ3n) is 0.591. The largest absolute Gasteiger partial charge is 2.00 e. The number of aliphatic hydroxyl groups excluding tert-OH is 1. The van der Waals surface area contributed by atoms with Crippen molar-refractivity contribution in [2.75, 3.05) is 0 Å². The molecule has 0 bridgehead atoms. The van der Waals surface area contributed by atoms with Gasteiger partial charge in [0, 0.05) is 0 Å². The van der Waals surface area contributed by atoms with E-state index in [1.165, 1.54) is 0 Å². The van der Waals surface area contributed by atoms with Crippen LogP contribution in [0.2, 0.25) is 0 Å². The molecule has 0 amide bonds. The van der Waals surface area contributed by atoms with Crippen LogP contribution in [0.15, 0.2) is 0 Å². The molecule has 0 aliphatic rings. The molecule has 0 aliphatic heterocycles. The van der Waals surface area contributed by atoms with E-state index in [-0.39, 0.29) is 54.0 Å². The van der Waals surface area contributed by atoms with Gasteiger partial charge < -0.3 is 29.9 Å². The number of hydrogen-bond acceptors (Lipinski definition) is 1. The molecule has 0 aromatic heterocycles. The fraction of sp³-hybridized carbons (Fsp3) is 1.00. The van der Waals surface area contributed by atoms with Crippen molar-refractivity contribution >= 4 is 23.1 Å². The van der Waals surface area contributed by atoms with Crippen LogP contribution in [-0.4, -0.2) is 34.3 Å². The van der Waals surface area contributed by atoms with Crippen LogP contribution in [0.5, 0.6) is 0 Å². The van der Waals surface area contributed by atoms with E-state index in [9.17, 15) is 0 Å². The number of halogens is 2. The zero-order chi connectivity index (χ0) is 4.28. The molecule has 0 saturated heterocycles. The summed E-state index contributed by atoms with van der Waals surface area (Å²) >= 11 is 0. The van der Waals surface area contributed by atoms with Gasteiger partial charge in [0.15, 0.2) is 0 Å². The topological polar surface area (TPSA) is 20.2 Å². The second kappa shape index (κ2) is 15.7. The summed E-state index contributed by atoms with van der Waals surface area (Å²) in [7, 11) is 0.